The van der Waals surface area contributed by atoms with Gasteiger partial charge in [0.2, 0.25) is 0 Å². The van der Waals surface area contributed by atoms with E-state index in [1.807, 2.05) is 43.3 Å². The molecule has 0 bridgehead atoms. The van der Waals surface area contributed by atoms with Crippen molar-refractivity contribution in [3.8, 4) is 0 Å². The number of Topliss-reactive ketones (excluding diaryl/α,β-unsaturated/α-hetero) is 1. The van der Waals surface area contributed by atoms with Gasteiger partial charge in [-0.2, -0.15) is 0 Å². The minimum Gasteiger partial charge on any atom is -0.323 e. The molecule has 2 fully saturated rings. The van der Waals surface area contributed by atoms with Crippen molar-refractivity contribution in [1.82, 2.24) is 10.2 Å². The van der Waals surface area contributed by atoms with Crippen LogP contribution in [0.1, 0.15) is 43.0 Å². The molecule has 5 heteroatoms. The molecule has 1 heterocycles. The van der Waals surface area contributed by atoms with Gasteiger partial charge in [-0.05, 0) is 35.6 Å². The van der Waals surface area contributed by atoms with Crippen LogP contribution in [0.15, 0.2) is 42.5 Å². The quantitative estimate of drug-likeness (QED) is 0.680. The molecule has 1 N–H and O–H groups in total. The zero-order valence-corrected chi connectivity index (χ0v) is 14.8. The maximum absolute atomic E-state index is 13.0. The lowest BCUT2D eigenvalue weighted by Crippen LogP contribution is -2.54. The van der Waals surface area contributed by atoms with E-state index in [-0.39, 0.29) is 24.2 Å². The largest absolute Gasteiger partial charge is 0.325 e. The smallest absolute Gasteiger partial charge is 0.323 e. The summed E-state index contributed by atoms with van der Waals surface area (Å²) in [5.41, 5.74) is -0.305. The Balaban J connectivity index is 1.57. The molecule has 2 aromatic carbocycles. The van der Waals surface area contributed by atoms with Crippen LogP contribution in [0, 0.1) is 5.92 Å². The van der Waals surface area contributed by atoms with Gasteiger partial charge in [0.1, 0.15) is 5.54 Å². The summed E-state index contributed by atoms with van der Waals surface area (Å²) in [6.07, 6.45) is 3.56. The Morgan fingerprint density at radius 3 is 2.69 bits per heavy atom. The van der Waals surface area contributed by atoms with Crippen LogP contribution in [-0.4, -0.2) is 34.7 Å². The lowest BCUT2D eigenvalue weighted by atomic mass is 9.73. The molecule has 2 aromatic rings. The van der Waals surface area contributed by atoms with Crippen molar-refractivity contribution >= 4 is 28.5 Å². The number of imide groups is 1. The van der Waals surface area contributed by atoms with E-state index in [1.54, 1.807) is 6.07 Å². The molecular weight excluding hydrogens is 328 g/mol. The molecular formula is C21H22N2O3. The summed E-state index contributed by atoms with van der Waals surface area (Å²) in [6, 6.07) is 12.8. The Hall–Kier alpha value is -2.69. The number of nitrogens with one attached hydrogen (secondary N) is 1. The number of nitrogens with zero attached hydrogens (tertiary/aromatic N) is 1. The highest BCUT2D eigenvalue weighted by atomic mass is 16.2. The Morgan fingerprint density at radius 2 is 1.92 bits per heavy atom. The number of carbonyl (C=O) groups is 3. The predicted molar refractivity (Wildman–Crippen MR) is 98.9 cm³/mol. The van der Waals surface area contributed by atoms with Crippen LogP contribution >= 0.6 is 0 Å². The van der Waals surface area contributed by atoms with Crippen molar-refractivity contribution in [2.75, 3.05) is 6.54 Å². The highest BCUT2D eigenvalue weighted by Crippen LogP contribution is 2.38. The number of carbonyl (C=O) groups excluding carboxylic acids is 3. The van der Waals surface area contributed by atoms with Crippen LogP contribution in [0.5, 0.6) is 0 Å². The molecule has 1 aliphatic heterocycles. The van der Waals surface area contributed by atoms with E-state index in [2.05, 4.69) is 5.32 Å². The summed E-state index contributed by atoms with van der Waals surface area (Å²) >= 11 is 0. The number of ketones is 1. The van der Waals surface area contributed by atoms with Gasteiger partial charge in [0.05, 0.1) is 6.54 Å². The first-order valence-electron chi connectivity index (χ1n) is 9.17. The first-order chi connectivity index (χ1) is 12.5. The molecule has 1 spiro atoms. The normalized spacial score (nSPS) is 25.7. The molecule has 134 valence electrons. The van der Waals surface area contributed by atoms with Gasteiger partial charge in [0.25, 0.3) is 5.91 Å². The van der Waals surface area contributed by atoms with Crippen LogP contribution in [-0.2, 0) is 4.79 Å². The third-order valence-corrected chi connectivity index (χ3v) is 5.87. The topological polar surface area (TPSA) is 66.5 Å². The summed E-state index contributed by atoms with van der Waals surface area (Å²) in [7, 11) is 0. The van der Waals surface area contributed by atoms with Gasteiger partial charge in [-0.3, -0.25) is 14.5 Å². The first-order valence-corrected chi connectivity index (χ1v) is 9.17. The summed E-state index contributed by atoms with van der Waals surface area (Å²) in [4.78, 5) is 39.2. The van der Waals surface area contributed by atoms with Crippen LogP contribution < -0.4 is 5.32 Å². The zero-order valence-electron chi connectivity index (χ0n) is 14.8. The Kier molecular flexibility index (Phi) is 4.02. The van der Waals surface area contributed by atoms with Gasteiger partial charge in [-0.25, -0.2) is 4.79 Å². The molecule has 2 aliphatic rings. The minimum absolute atomic E-state index is 0.0912. The van der Waals surface area contributed by atoms with Crippen LogP contribution in [0.4, 0.5) is 4.79 Å². The Labute approximate surface area is 152 Å². The van der Waals surface area contributed by atoms with Crippen molar-refractivity contribution in [1.29, 1.82) is 0 Å². The maximum atomic E-state index is 13.0. The summed E-state index contributed by atoms with van der Waals surface area (Å²) in [5.74, 6) is -0.378. The van der Waals surface area contributed by atoms with E-state index in [4.69, 9.17) is 0 Å². The molecule has 3 amide bonds. The lowest BCUT2D eigenvalue weighted by Gasteiger charge is -2.36. The third kappa shape index (κ3) is 2.59. The molecule has 4 rings (SSSR count). The highest BCUT2D eigenvalue weighted by molar-refractivity contribution is 6.11. The number of hydrogen-bond donors (Lipinski definition) is 1. The SMILES string of the molecule is C[C@H]1CCCC[C@]12NC(=O)N(CC(=O)c1ccc3ccccc3c1)C2=O. The Morgan fingerprint density at radius 1 is 1.15 bits per heavy atom. The monoisotopic (exact) mass is 350 g/mol. The van der Waals surface area contributed by atoms with Gasteiger partial charge >= 0.3 is 6.03 Å². The molecule has 0 radical (unpaired) electrons. The number of fused-ring (bicyclic) bond motifs is 1. The van der Waals surface area contributed by atoms with Crippen LogP contribution in [0.25, 0.3) is 10.8 Å². The second-order valence-electron chi connectivity index (χ2n) is 7.42. The summed E-state index contributed by atoms with van der Waals surface area (Å²) < 4.78 is 0. The average Bonchev–Trinajstić information content (AvgIpc) is 2.89. The number of hydrogen-bond acceptors (Lipinski definition) is 3. The predicted octanol–water partition coefficient (Wildman–Crippen LogP) is 3.52. The standard InChI is InChI=1S/C21H22N2O3/c1-14-6-4-5-11-21(14)19(25)23(20(26)22-21)13-18(24)17-10-9-15-7-2-3-8-16(15)12-17/h2-3,7-10,12,14H,4-6,11,13H2,1H3,(H,22,26)/t14-,21-/m0/s1. The van der Waals surface area contributed by atoms with Crippen molar-refractivity contribution < 1.29 is 14.4 Å². The van der Waals surface area contributed by atoms with Gasteiger partial charge < -0.3 is 5.32 Å². The van der Waals surface area contributed by atoms with Crippen molar-refractivity contribution in [2.24, 2.45) is 5.92 Å². The Bertz CT molecular complexity index is 907. The summed E-state index contributed by atoms with van der Waals surface area (Å²) in [6.45, 7) is 1.80. The molecule has 0 aromatic heterocycles. The fourth-order valence-electron chi connectivity index (χ4n) is 4.24. The number of urea groups is 1. The molecule has 2 atom stereocenters. The molecule has 26 heavy (non-hydrogen) atoms. The van der Waals surface area contributed by atoms with Gasteiger partial charge in [0.15, 0.2) is 5.78 Å². The molecule has 1 saturated heterocycles. The fourth-order valence-corrected chi connectivity index (χ4v) is 4.24. The summed E-state index contributed by atoms with van der Waals surface area (Å²) in [5, 5.41) is 4.91. The van der Waals surface area contributed by atoms with Crippen molar-refractivity contribution in [3.05, 3.63) is 48.0 Å². The van der Waals surface area contributed by atoms with E-state index in [1.165, 1.54) is 0 Å². The van der Waals surface area contributed by atoms with Crippen LogP contribution in [0.3, 0.4) is 0 Å². The lowest BCUT2D eigenvalue weighted by molar-refractivity contribution is -0.133. The van der Waals surface area contributed by atoms with E-state index in [9.17, 15) is 14.4 Å². The van der Waals surface area contributed by atoms with Crippen LogP contribution in [0.2, 0.25) is 0 Å². The second kappa shape index (κ2) is 6.24. The maximum Gasteiger partial charge on any atom is 0.325 e. The zero-order chi connectivity index (χ0) is 18.3. The van der Waals surface area contributed by atoms with E-state index in [0.717, 1.165) is 34.9 Å². The second-order valence-corrected chi connectivity index (χ2v) is 7.42. The minimum atomic E-state index is -0.820. The average molecular weight is 350 g/mol. The molecule has 0 unspecified atom stereocenters. The van der Waals surface area contributed by atoms with E-state index >= 15 is 0 Å². The molecule has 5 nitrogen and oxygen atoms in total. The van der Waals surface area contributed by atoms with Crippen molar-refractivity contribution in [2.45, 2.75) is 38.1 Å². The molecule has 1 saturated carbocycles. The number of benzene rings is 2. The van der Waals surface area contributed by atoms with E-state index in [0.29, 0.717) is 12.0 Å². The van der Waals surface area contributed by atoms with Gasteiger partial charge in [-0.1, -0.05) is 56.2 Å². The van der Waals surface area contributed by atoms with Gasteiger partial charge in [0, 0.05) is 5.56 Å². The number of rotatable bonds is 3. The highest BCUT2D eigenvalue weighted by Gasteiger charge is 2.55. The molecule has 1 aliphatic carbocycles. The van der Waals surface area contributed by atoms with Crippen molar-refractivity contribution in [3.63, 3.8) is 0 Å². The third-order valence-electron chi connectivity index (χ3n) is 5.87. The first kappa shape index (κ1) is 16.8. The van der Waals surface area contributed by atoms with Gasteiger partial charge in [-0.15, -0.1) is 0 Å². The number of amides is 3. The fraction of sp³-hybridized carbons (Fsp3) is 0.381. The van der Waals surface area contributed by atoms with E-state index < -0.39 is 11.6 Å².